The van der Waals surface area contributed by atoms with Crippen LogP contribution >= 0.6 is 0 Å². The molecule has 2 aliphatic carbocycles. The van der Waals surface area contributed by atoms with Crippen molar-refractivity contribution >= 4 is 5.97 Å². The number of esters is 1. The summed E-state index contributed by atoms with van der Waals surface area (Å²) < 4.78 is 11.2. The van der Waals surface area contributed by atoms with E-state index in [2.05, 4.69) is 24.3 Å². The van der Waals surface area contributed by atoms with Gasteiger partial charge in [-0.15, -0.1) is 0 Å². The number of carbonyl (C=O) groups is 1. The van der Waals surface area contributed by atoms with E-state index < -0.39 is 0 Å². The van der Waals surface area contributed by atoms with Gasteiger partial charge in [-0.25, -0.2) is 0 Å². The maximum absolute atomic E-state index is 11.0. The summed E-state index contributed by atoms with van der Waals surface area (Å²) in [5.41, 5.74) is 1.20. The van der Waals surface area contributed by atoms with Gasteiger partial charge in [0.15, 0.2) is 0 Å². The van der Waals surface area contributed by atoms with Crippen molar-refractivity contribution in [1.82, 2.24) is 0 Å². The van der Waals surface area contributed by atoms with E-state index in [-0.39, 0.29) is 5.97 Å². The lowest BCUT2D eigenvalue weighted by molar-refractivity contribution is -0.143. The quantitative estimate of drug-likeness (QED) is 0.595. The van der Waals surface area contributed by atoms with E-state index in [9.17, 15) is 4.79 Å². The van der Waals surface area contributed by atoms with Gasteiger partial charge in [0.2, 0.25) is 0 Å². The second-order valence-corrected chi connectivity index (χ2v) is 6.08. The third-order valence-corrected chi connectivity index (χ3v) is 4.70. The van der Waals surface area contributed by atoms with Gasteiger partial charge in [-0.1, -0.05) is 42.5 Å². The van der Waals surface area contributed by atoms with Crippen LogP contribution in [0.4, 0.5) is 0 Å². The Bertz CT molecular complexity index is 508. The van der Waals surface area contributed by atoms with Gasteiger partial charge in [0, 0.05) is 12.8 Å². The molecule has 3 rings (SSSR count). The van der Waals surface area contributed by atoms with Crippen LogP contribution in [0.15, 0.2) is 42.5 Å². The first-order chi connectivity index (χ1) is 10.2. The molecule has 0 N–H and O–H groups in total. The minimum absolute atomic E-state index is 0.189. The SMILES string of the molecule is CC(=O)OC[C@@H]1C2C=CC(C2)[C@@H]1COCc1ccccc1. The first kappa shape index (κ1) is 14.3. The Labute approximate surface area is 125 Å². The van der Waals surface area contributed by atoms with E-state index in [1.54, 1.807) is 0 Å². The second-order valence-electron chi connectivity index (χ2n) is 6.08. The zero-order valence-electron chi connectivity index (χ0n) is 12.4. The van der Waals surface area contributed by atoms with Gasteiger partial charge < -0.3 is 9.47 Å². The van der Waals surface area contributed by atoms with Crippen molar-refractivity contribution in [3.8, 4) is 0 Å². The Morgan fingerprint density at radius 2 is 1.76 bits per heavy atom. The van der Waals surface area contributed by atoms with Crippen LogP contribution in [-0.2, 0) is 20.9 Å². The molecule has 0 amide bonds. The maximum atomic E-state index is 11.0. The molecular weight excluding hydrogens is 264 g/mol. The monoisotopic (exact) mass is 286 g/mol. The molecule has 4 atom stereocenters. The van der Waals surface area contributed by atoms with Crippen molar-refractivity contribution in [2.24, 2.45) is 23.7 Å². The van der Waals surface area contributed by atoms with Crippen molar-refractivity contribution in [2.45, 2.75) is 20.0 Å². The molecular formula is C18H22O3. The number of carbonyl (C=O) groups excluding carboxylic acids is 1. The molecule has 0 spiro atoms. The molecule has 1 fully saturated rings. The zero-order chi connectivity index (χ0) is 14.7. The summed E-state index contributed by atoms with van der Waals surface area (Å²) in [6, 6.07) is 10.2. The molecule has 1 saturated carbocycles. The smallest absolute Gasteiger partial charge is 0.302 e. The number of allylic oxidation sites excluding steroid dienone is 2. The summed E-state index contributed by atoms with van der Waals surface area (Å²) in [5.74, 6) is 1.85. The molecule has 0 aromatic heterocycles. The molecule has 112 valence electrons. The van der Waals surface area contributed by atoms with Gasteiger partial charge >= 0.3 is 5.97 Å². The third-order valence-electron chi connectivity index (χ3n) is 4.70. The van der Waals surface area contributed by atoms with E-state index in [1.165, 1.54) is 18.9 Å². The van der Waals surface area contributed by atoms with Crippen LogP contribution in [0.1, 0.15) is 18.9 Å². The van der Waals surface area contributed by atoms with E-state index in [0.29, 0.717) is 36.9 Å². The third kappa shape index (κ3) is 3.35. The highest BCUT2D eigenvalue weighted by molar-refractivity contribution is 5.65. The van der Waals surface area contributed by atoms with Gasteiger partial charge in [0.05, 0.1) is 19.8 Å². The topological polar surface area (TPSA) is 35.5 Å². The van der Waals surface area contributed by atoms with Crippen LogP contribution in [0, 0.1) is 23.7 Å². The van der Waals surface area contributed by atoms with Gasteiger partial charge in [-0.2, -0.15) is 0 Å². The summed E-state index contributed by atoms with van der Waals surface area (Å²) in [6.45, 7) is 3.40. The van der Waals surface area contributed by atoms with Gasteiger partial charge in [-0.3, -0.25) is 4.79 Å². The van der Waals surface area contributed by atoms with E-state index in [1.807, 2.05) is 18.2 Å². The Morgan fingerprint density at radius 1 is 1.10 bits per heavy atom. The Hall–Kier alpha value is -1.61. The highest BCUT2D eigenvalue weighted by Gasteiger charge is 2.44. The average Bonchev–Trinajstić information content (AvgIpc) is 3.07. The van der Waals surface area contributed by atoms with Gasteiger partial charge in [0.25, 0.3) is 0 Å². The second kappa shape index (κ2) is 6.44. The van der Waals surface area contributed by atoms with E-state index in [0.717, 1.165) is 6.61 Å². The Morgan fingerprint density at radius 3 is 2.43 bits per heavy atom. The predicted octanol–water partition coefficient (Wildman–Crippen LogP) is 3.20. The number of rotatable bonds is 6. The Balaban J connectivity index is 1.53. The van der Waals surface area contributed by atoms with Crippen molar-refractivity contribution in [3.63, 3.8) is 0 Å². The van der Waals surface area contributed by atoms with Crippen LogP contribution in [0.5, 0.6) is 0 Å². The van der Waals surface area contributed by atoms with Crippen LogP contribution in [-0.4, -0.2) is 19.2 Å². The molecule has 0 aliphatic heterocycles. The maximum Gasteiger partial charge on any atom is 0.302 e. The lowest BCUT2D eigenvalue weighted by atomic mass is 9.84. The summed E-state index contributed by atoms with van der Waals surface area (Å²) >= 11 is 0. The van der Waals surface area contributed by atoms with Crippen LogP contribution in [0.3, 0.4) is 0 Å². The molecule has 3 heteroatoms. The lowest BCUT2D eigenvalue weighted by Gasteiger charge is -2.27. The van der Waals surface area contributed by atoms with E-state index in [4.69, 9.17) is 9.47 Å². The fraction of sp³-hybridized carbons (Fsp3) is 0.500. The molecule has 21 heavy (non-hydrogen) atoms. The molecule has 2 unspecified atom stereocenters. The molecule has 0 heterocycles. The van der Waals surface area contributed by atoms with Gasteiger partial charge in [-0.05, 0) is 29.7 Å². The number of benzene rings is 1. The van der Waals surface area contributed by atoms with Crippen molar-refractivity contribution < 1.29 is 14.3 Å². The number of hydrogen-bond donors (Lipinski definition) is 0. The molecule has 1 aromatic rings. The predicted molar refractivity (Wildman–Crippen MR) is 80.4 cm³/mol. The lowest BCUT2D eigenvalue weighted by Crippen LogP contribution is -2.28. The normalized spacial score (nSPS) is 29.8. The van der Waals surface area contributed by atoms with Crippen molar-refractivity contribution in [2.75, 3.05) is 13.2 Å². The highest BCUT2D eigenvalue weighted by Crippen LogP contribution is 2.48. The highest BCUT2D eigenvalue weighted by atomic mass is 16.5. The largest absolute Gasteiger partial charge is 0.466 e. The van der Waals surface area contributed by atoms with Crippen LogP contribution < -0.4 is 0 Å². The fourth-order valence-electron chi connectivity index (χ4n) is 3.62. The minimum atomic E-state index is -0.189. The molecule has 2 aliphatic rings. The van der Waals surface area contributed by atoms with Crippen LogP contribution in [0.25, 0.3) is 0 Å². The summed E-state index contributed by atoms with van der Waals surface area (Å²) in [5, 5.41) is 0. The zero-order valence-corrected chi connectivity index (χ0v) is 12.4. The molecule has 0 radical (unpaired) electrons. The summed E-state index contributed by atoms with van der Waals surface area (Å²) in [4.78, 5) is 11.0. The molecule has 0 saturated heterocycles. The summed E-state index contributed by atoms with van der Waals surface area (Å²) in [7, 11) is 0. The Kier molecular flexibility index (Phi) is 4.39. The minimum Gasteiger partial charge on any atom is -0.466 e. The molecule has 2 bridgehead atoms. The standard InChI is InChI=1S/C18H22O3/c1-13(19)21-12-18-16-8-7-15(9-16)17(18)11-20-10-14-5-3-2-4-6-14/h2-8,15-18H,9-12H2,1H3/t15?,16?,17-,18+/m0/s1. The number of fused-ring (bicyclic) bond motifs is 2. The van der Waals surface area contributed by atoms with Crippen molar-refractivity contribution in [3.05, 3.63) is 48.0 Å². The fourth-order valence-corrected chi connectivity index (χ4v) is 3.62. The van der Waals surface area contributed by atoms with Crippen LogP contribution in [0.2, 0.25) is 0 Å². The summed E-state index contributed by atoms with van der Waals surface area (Å²) in [6.07, 6.45) is 5.78. The van der Waals surface area contributed by atoms with E-state index >= 15 is 0 Å². The first-order valence-corrected chi connectivity index (χ1v) is 7.67. The first-order valence-electron chi connectivity index (χ1n) is 7.67. The van der Waals surface area contributed by atoms with Gasteiger partial charge in [0.1, 0.15) is 0 Å². The van der Waals surface area contributed by atoms with Crippen molar-refractivity contribution in [1.29, 1.82) is 0 Å². The number of hydrogen-bond acceptors (Lipinski definition) is 3. The number of ether oxygens (including phenoxy) is 2. The average molecular weight is 286 g/mol. The molecule has 3 nitrogen and oxygen atoms in total. The molecule has 1 aromatic carbocycles.